The fourth-order valence-corrected chi connectivity index (χ4v) is 3.88. The quantitative estimate of drug-likeness (QED) is 0.524. The number of carbonyl (C=O) groups is 3. The molecule has 27 heavy (non-hydrogen) atoms. The summed E-state index contributed by atoms with van der Waals surface area (Å²) >= 11 is 1.51. The van der Waals surface area contributed by atoms with Crippen LogP contribution in [0.5, 0.6) is 0 Å². The maximum Gasteiger partial charge on any atom is 0.259 e. The summed E-state index contributed by atoms with van der Waals surface area (Å²) in [7, 11) is 1.95. The lowest BCUT2D eigenvalue weighted by Crippen LogP contribution is -2.19. The van der Waals surface area contributed by atoms with Crippen LogP contribution in [-0.4, -0.2) is 33.0 Å². The lowest BCUT2D eigenvalue weighted by Gasteiger charge is -2.06. The standard InChI is InChI=1S/C19H16N4O3S/c1-23-15-5-3-2-4-14(15)21-19(23)27-9-8-16(24)20-11-6-7-12-13(10-11)18(26)22-17(12)25/h2-7,10H,8-9H2,1H3,(H,20,24)(H,22,25,26). The maximum atomic E-state index is 12.2. The number of benzene rings is 2. The summed E-state index contributed by atoms with van der Waals surface area (Å²) in [5, 5.41) is 5.85. The molecule has 0 unspecified atom stereocenters. The average molecular weight is 380 g/mol. The predicted molar refractivity (Wildman–Crippen MR) is 103 cm³/mol. The van der Waals surface area contributed by atoms with Crippen molar-refractivity contribution in [2.24, 2.45) is 7.05 Å². The number of hydrogen-bond donors (Lipinski definition) is 2. The Morgan fingerprint density at radius 2 is 1.93 bits per heavy atom. The Kier molecular flexibility index (Phi) is 4.41. The molecule has 0 spiro atoms. The van der Waals surface area contributed by atoms with Gasteiger partial charge >= 0.3 is 0 Å². The second-order valence-electron chi connectivity index (χ2n) is 6.13. The first-order valence-electron chi connectivity index (χ1n) is 8.37. The Labute approximate surface area is 159 Å². The number of imidazole rings is 1. The van der Waals surface area contributed by atoms with Gasteiger partial charge in [0.15, 0.2) is 5.16 Å². The second kappa shape index (κ2) is 6.88. The van der Waals surface area contributed by atoms with Crippen LogP contribution in [0.3, 0.4) is 0 Å². The van der Waals surface area contributed by atoms with Gasteiger partial charge in [-0.1, -0.05) is 23.9 Å². The van der Waals surface area contributed by atoms with Crippen LogP contribution in [0.4, 0.5) is 5.69 Å². The van der Waals surface area contributed by atoms with E-state index in [4.69, 9.17) is 0 Å². The van der Waals surface area contributed by atoms with E-state index in [9.17, 15) is 14.4 Å². The third-order valence-electron chi connectivity index (χ3n) is 4.33. The third kappa shape index (κ3) is 3.31. The van der Waals surface area contributed by atoms with Crippen molar-refractivity contribution in [3.8, 4) is 0 Å². The summed E-state index contributed by atoms with van der Waals surface area (Å²) in [5.74, 6) is -0.436. The maximum absolute atomic E-state index is 12.2. The van der Waals surface area contributed by atoms with Gasteiger partial charge in [-0.2, -0.15) is 0 Å². The van der Waals surface area contributed by atoms with E-state index >= 15 is 0 Å². The van der Waals surface area contributed by atoms with Crippen molar-refractivity contribution in [2.75, 3.05) is 11.1 Å². The van der Waals surface area contributed by atoms with E-state index in [2.05, 4.69) is 15.6 Å². The van der Waals surface area contributed by atoms with Gasteiger partial charge in [0.2, 0.25) is 5.91 Å². The van der Waals surface area contributed by atoms with Crippen LogP contribution < -0.4 is 10.6 Å². The number of nitrogens with one attached hydrogen (secondary N) is 2. The number of hydrogen-bond acceptors (Lipinski definition) is 5. The number of para-hydroxylation sites is 2. The normalized spacial score (nSPS) is 12.9. The topological polar surface area (TPSA) is 93.1 Å². The highest BCUT2D eigenvalue weighted by Crippen LogP contribution is 2.24. The van der Waals surface area contributed by atoms with Crippen molar-refractivity contribution in [3.63, 3.8) is 0 Å². The van der Waals surface area contributed by atoms with Crippen molar-refractivity contribution >= 4 is 46.2 Å². The van der Waals surface area contributed by atoms with E-state index in [0.29, 0.717) is 23.4 Å². The molecule has 0 fully saturated rings. The molecule has 2 N–H and O–H groups in total. The smallest absolute Gasteiger partial charge is 0.259 e. The minimum absolute atomic E-state index is 0.161. The molecule has 0 saturated carbocycles. The highest BCUT2D eigenvalue weighted by Gasteiger charge is 2.26. The lowest BCUT2D eigenvalue weighted by atomic mass is 10.1. The molecular formula is C19H16N4O3S. The summed E-state index contributed by atoms with van der Waals surface area (Å²) in [5.41, 5.74) is 3.09. The number of nitrogens with zero attached hydrogens (tertiary/aromatic N) is 2. The van der Waals surface area contributed by atoms with E-state index in [1.807, 2.05) is 35.9 Å². The molecule has 8 heteroatoms. The number of fused-ring (bicyclic) bond motifs is 2. The first kappa shape index (κ1) is 17.3. The van der Waals surface area contributed by atoms with Gasteiger partial charge in [-0.3, -0.25) is 19.7 Å². The number of thioether (sulfide) groups is 1. The first-order valence-corrected chi connectivity index (χ1v) is 9.35. The highest BCUT2D eigenvalue weighted by molar-refractivity contribution is 7.99. The van der Waals surface area contributed by atoms with E-state index in [0.717, 1.165) is 16.2 Å². The van der Waals surface area contributed by atoms with Crippen molar-refractivity contribution in [3.05, 3.63) is 53.6 Å². The summed E-state index contributed by atoms with van der Waals surface area (Å²) in [6.45, 7) is 0. The van der Waals surface area contributed by atoms with Crippen LogP contribution in [0.15, 0.2) is 47.6 Å². The van der Waals surface area contributed by atoms with Crippen LogP contribution in [-0.2, 0) is 11.8 Å². The van der Waals surface area contributed by atoms with Crippen molar-refractivity contribution in [1.29, 1.82) is 0 Å². The molecule has 0 bridgehead atoms. The van der Waals surface area contributed by atoms with Crippen molar-refractivity contribution in [1.82, 2.24) is 14.9 Å². The van der Waals surface area contributed by atoms with E-state index < -0.39 is 11.8 Å². The number of anilines is 1. The van der Waals surface area contributed by atoms with E-state index in [1.165, 1.54) is 17.8 Å². The van der Waals surface area contributed by atoms with Gasteiger partial charge in [0, 0.05) is 24.9 Å². The fraction of sp³-hybridized carbons (Fsp3) is 0.158. The second-order valence-corrected chi connectivity index (χ2v) is 7.19. The zero-order chi connectivity index (χ0) is 19.0. The Morgan fingerprint density at radius 3 is 2.74 bits per heavy atom. The molecule has 1 aromatic heterocycles. The molecule has 2 heterocycles. The third-order valence-corrected chi connectivity index (χ3v) is 5.36. The molecule has 0 radical (unpaired) electrons. The van der Waals surface area contributed by atoms with Crippen LogP contribution in [0.1, 0.15) is 27.1 Å². The Bertz CT molecular complexity index is 1090. The highest BCUT2D eigenvalue weighted by atomic mass is 32.2. The number of amides is 3. The van der Waals surface area contributed by atoms with E-state index in [-0.39, 0.29) is 11.5 Å². The predicted octanol–water partition coefficient (Wildman–Crippen LogP) is 2.58. The molecule has 7 nitrogen and oxygen atoms in total. The number of imide groups is 1. The summed E-state index contributed by atoms with van der Waals surface area (Å²) < 4.78 is 2.01. The minimum atomic E-state index is -0.441. The molecule has 0 atom stereocenters. The number of rotatable bonds is 5. The van der Waals surface area contributed by atoms with Gasteiger partial charge in [0.25, 0.3) is 11.8 Å². The molecule has 1 aliphatic rings. The Morgan fingerprint density at radius 1 is 1.15 bits per heavy atom. The molecule has 4 rings (SSSR count). The Balaban J connectivity index is 1.36. The fourth-order valence-electron chi connectivity index (χ4n) is 2.96. The molecule has 0 aliphatic carbocycles. The SMILES string of the molecule is Cn1c(SCCC(=O)Nc2ccc3c(c2)C(=O)NC3=O)nc2ccccc21. The number of aromatic nitrogens is 2. The van der Waals surface area contributed by atoms with Gasteiger partial charge < -0.3 is 9.88 Å². The van der Waals surface area contributed by atoms with Gasteiger partial charge in [0.1, 0.15) is 0 Å². The molecule has 1 aliphatic heterocycles. The van der Waals surface area contributed by atoms with Gasteiger partial charge in [-0.05, 0) is 30.3 Å². The number of carbonyl (C=O) groups excluding carboxylic acids is 3. The van der Waals surface area contributed by atoms with Gasteiger partial charge in [0.05, 0.1) is 22.2 Å². The monoisotopic (exact) mass is 380 g/mol. The summed E-state index contributed by atoms with van der Waals surface area (Å²) in [6, 6.07) is 12.6. The minimum Gasteiger partial charge on any atom is -0.326 e. The molecule has 136 valence electrons. The molecule has 0 saturated heterocycles. The average Bonchev–Trinajstić information content (AvgIpc) is 3.12. The van der Waals surface area contributed by atoms with Gasteiger partial charge in [-0.15, -0.1) is 0 Å². The zero-order valence-electron chi connectivity index (χ0n) is 14.5. The van der Waals surface area contributed by atoms with Gasteiger partial charge in [-0.25, -0.2) is 4.98 Å². The van der Waals surface area contributed by atoms with Crippen LogP contribution in [0.25, 0.3) is 11.0 Å². The van der Waals surface area contributed by atoms with Crippen molar-refractivity contribution < 1.29 is 14.4 Å². The summed E-state index contributed by atoms with van der Waals surface area (Å²) in [6.07, 6.45) is 0.302. The summed E-state index contributed by atoms with van der Waals surface area (Å²) in [4.78, 5) is 40.0. The van der Waals surface area contributed by atoms with Crippen molar-refractivity contribution in [2.45, 2.75) is 11.6 Å². The molecule has 3 aromatic rings. The van der Waals surface area contributed by atoms with Crippen LogP contribution >= 0.6 is 11.8 Å². The van der Waals surface area contributed by atoms with Crippen LogP contribution in [0, 0.1) is 0 Å². The largest absolute Gasteiger partial charge is 0.326 e. The lowest BCUT2D eigenvalue weighted by molar-refractivity contribution is -0.115. The zero-order valence-corrected chi connectivity index (χ0v) is 15.3. The Hall–Kier alpha value is -3.13. The van der Waals surface area contributed by atoms with E-state index in [1.54, 1.807) is 12.1 Å². The molecule has 2 aromatic carbocycles. The molecular weight excluding hydrogens is 364 g/mol. The molecule has 3 amide bonds. The first-order chi connectivity index (χ1) is 13.0. The van der Waals surface area contributed by atoms with Crippen LogP contribution in [0.2, 0.25) is 0 Å². The number of aryl methyl sites for hydroxylation is 1.